The van der Waals surface area contributed by atoms with Gasteiger partial charge in [-0.25, -0.2) is 0 Å². The summed E-state index contributed by atoms with van der Waals surface area (Å²) in [6, 6.07) is 13.4. The van der Waals surface area contributed by atoms with Gasteiger partial charge in [0.15, 0.2) is 0 Å². The van der Waals surface area contributed by atoms with E-state index in [1.165, 1.54) is 0 Å². The zero-order chi connectivity index (χ0) is 14.5. The van der Waals surface area contributed by atoms with Gasteiger partial charge in [-0.15, -0.1) is 0 Å². The van der Waals surface area contributed by atoms with Gasteiger partial charge in [0.1, 0.15) is 0 Å². The molecule has 1 aromatic carbocycles. The van der Waals surface area contributed by atoms with Gasteiger partial charge in [-0.2, -0.15) is 5.10 Å². The van der Waals surface area contributed by atoms with Crippen LogP contribution in [0, 0.1) is 0 Å². The number of carbonyl (C=O) groups is 1. The molecule has 5 heteroatoms. The number of nitrogens with one attached hydrogen (secondary N) is 2. The Balaban J connectivity index is 1.76. The largest absolute Gasteiger partial charge is 0.348 e. The highest BCUT2D eigenvalue weighted by Gasteiger charge is 2.14. The third-order valence-corrected chi connectivity index (χ3v) is 3.12. The maximum absolute atomic E-state index is 12.3. The average Bonchev–Trinajstić information content (AvgIpc) is 3.04. The summed E-state index contributed by atoms with van der Waals surface area (Å²) in [5, 5.41) is 9.73. The van der Waals surface area contributed by atoms with E-state index < -0.39 is 0 Å². The molecule has 0 bridgehead atoms. The van der Waals surface area contributed by atoms with Crippen molar-refractivity contribution >= 4 is 5.91 Å². The minimum Gasteiger partial charge on any atom is -0.348 e. The number of pyridine rings is 1. The van der Waals surface area contributed by atoms with Gasteiger partial charge in [0, 0.05) is 24.5 Å². The molecule has 0 atom stereocenters. The Morgan fingerprint density at radius 2 is 1.95 bits per heavy atom. The van der Waals surface area contributed by atoms with Crippen molar-refractivity contribution in [1.82, 2.24) is 20.5 Å². The fourth-order valence-electron chi connectivity index (χ4n) is 2.06. The van der Waals surface area contributed by atoms with E-state index in [0.29, 0.717) is 12.1 Å². The first-order valence-electron chi connectivity index (χ1n) is 6.60. The Hall–Kier alpha value is -2.95. The Bertz CT molecular complexity index is 722. The fraction of sp³-hybridized carbons (Fsp3) is 0.0625. The summed E-state index contributed by atoms with van der Waals surface area (Å²) >= 11 is 0. The van der Waals surface area contributed by atoms with E-state index in [-0.39, 0.29) is 5.91 Å². The number of hydrogen-bond donors (Lipinski definition) is 2. The third-order valence-electron chi connectivity index (χ3n) is 3.12. The maximum atomic E-state index is 12.3. The van der Waals surface area contributed by atoms with Crippen molar-refractivity contribution in [3.63, 3.8) is 0 Å². The molecular weight excluding hydrogens is 264 g/mol. The number of nitrogens with zero attached hydrogens (tertiary/aromatic N) is 2. The van der Waals surface area contributed by atoms with E-state index in [1.807, 2.05) is 42.5 Å². The zero-order valence-corrected chi connectivity index (χ0v) is 11.3. The average molecular weight is 278 g/mol. The summed E-state index contributed by atoms with van der Waals surface area (Å²) < 4.78 is 0. The van der Waals surface area contributed by atoms with E-state index >= 15 is 0 Å². The van der Waals surface area contributed by atoms with Crippen LogP contribution in [0.1, 0.15) is 15.9 Å². The van der Waals surface area contributed by atoms with Crippen molar-refractivity contribution < 1.29 is 4.79 Å². The van der Waals surface area contributed by atoms with E-state index in [4.69, 9.17) is 0 Å². The first-order chi connectivity index (χ1) is 10.3. The number of aromatic amines is 1. The monoisotopic (exact) mass is 278 g/mol. The maximum Gasteiger partial charge on any atom is 0.255 e. The minimum absolute atomic E-state index is 0.161. The topological polar surface area (TPSA) is 70.7 Å². The van der Waals surface area contributed by atoms with Crippen LogP contribution in [0.2, 0.25) is 0 Å². The summed E-state index contributed by atoms with van der Waals surface area (Å²) in [5.41, 5.74) is 3.14. The second-order valence-corrected chi connectivity index (χ2v) is 4.57. The lowest BCUT2D eigenvalue weighted by Gasteiger charge is -2.05. The lowest BCUT2D eigenvalue weighted by molar-refractivity contribution is 0.0951. The van der Waals surface area contributed by atoms with Gasteiger partial charge < -0.3 is 5.32 Å². The van der Waals surface area contributed by atoms with E-state index in [2.05, 4.69) is 20.5 Å². The molecule has 0 spiro atoms. The molecule has 0 aliphatic heterocycles. The molecule has 0 aliphatic carbocycles. The summed E-state index contributed by atoms with van der Waals surface area (Å²) in [6.07, 6.45) is 4.98. The fourth-order valence-corrected chi connectivity index (χ4v) is 2.06. The lowest BCUT2D eigenvalue weighted by atomic mass is 10.1. The van der Waals surface area contributed by atoms with Crippen LogP contribution in [-0.2, 0) is 6.54 Å². The molecule has 21 heavy (non-hydrogen) atoms. The molecule has 0 unspecified atom stereocenters. The molecule has 0 saturated heterocycles. The van der Waals surface area contributed by atoms with E-state index in [9.17, 15) is 4.79 Å². The second kappa shape index (κ2) is 6.00. The standard InChI is InChI=1S/C16H14N4O/c21-16(18-10-12-5-4-8-17-9-12)14-11-19-20-15(14)13-6-2-1-3-7-13/h1-9,11H,10H2,(H,18,21)(H,19,20). The molecule has 2 heterocycles. The number of carbonyl (C=O) groups excluding carboxylic acids is 1. The van der Waals surface area contributed by atoms with Crippen molar-refractivity contribution in [2.45, 2.75) is 6.54 Å². The van der Waals surface area contributed by atoms with E-state index in [0.717, 1.165) is 16.8 Å². The number of hydrogen-bond acceptors (Lipinski definition) is 3. The number of amides is 1. The first-order valence-corrected chi connectivity index (χ1v) is 6.60. The van der Waals surface area contributed by atoms with Crippen LogP contribution in [-0.4, -0.2) is 21.1 Å². The highest BCUT2D eigenvalue weighted by molar-refractivity contribution is 5.99. The minimum atomic E-state index is -0.161. The summed E-state index contributed by atoms with van der Waals surface area (Å²) in [5.74, 6) is -0.161. The third kappa shape index (κ3) is 2.97. The van der Waals surface area contributed by atoms with Crippen LogP contribution < -0.4 is 5.32 Å². The smallest absolute Gasteiger partial charge is 0.255 e. The number of benzene rings is 1. The van der Waals surface area contributed by atoms with Crippen LogP contribution in [0.5, 0.6) is 0 Å². The molecule has 3 rings (SSSR count). The highest BCUT2D eigenvalue weighted by atomic mass is 16.1. The van der Waals surface area contributed by atoms with Gasteiger partial charge in [0.2, 0.25) is 0 Å². The van der Waals surface area contributed by atoms with Gasteiger partial charge in [-0.1, -0.05) is 36.4 Å². The molecule has 3 aromatic rings. The molecule has 2 aromatic heterocycles. The van der Waals surface area contributed by atoms with Crippen molar-refractivity contribution in [3.05, 3.63) is 72.2 Å². The molecule has 2 N–H and O–H groups in total. The van der Waals surface area contributed by atoms with Crippen molar-refractivity contribution in [1.29, 1.82) is 0 Å². The van der Waals surface area contributed by atoms with Crippen LogP contribution in [0.3, 0.4) is 0 Å². The molecule has 0 saturated carbocycles. The Morgan fingerprint density at radius 3 is 2.71 bits per heavy atom. The normalized spacial score (nSPS) is 10.3. The zero-order valence-electron chi connectivity index (χ0n) is 11.3. The highest BCUT2D eigenvalue weighted by Crippen LogP contribution is 2.20. The van der Waals surface area contributed by atoms with E-state index in [1.54, 1.807) is 18.6 Å². The van der Waals surface area contributed by atoms with Crippen molar-refractivity contribution in [2.75, 3.05) is 0 Å². The molecule has 104 valence electrons. The predicted octanol–water partition coefficient (Wildman–Crippen LogP) is 2.40. The van der Waals surface area contributed by atoms with Crippen LogP contribution in [0.4, 0.5) is 0 Å². The van der Waals surface area contributed by atoms with Gasteiger partial charge in [0.25, 0.3) is 5.91 Å². The Morgan fingerprint density at radius 1 is 1.10 bits per heavy atom. The summed E-state index contributed by atoms with van der Waals surface area (Å²) in [7, 11) is 0. The number of H-pyrrole nitrogens is 1. The summed E-state index contributed by atoms with van der Waals surface area (Å²) in [4.78, 5) is 16.3. The predicted molar refractivity (Wildman–Crippen MR) is 79.4 cm³/mol. The molecule has 1 amide bonds. The SMILES string of the molecule is O=C(NCc1cccnc1)c1cn[nH]c1-c1ccccc1. The molecule has 5 nitrogen and oxygen atoms in total. The van der Waals surface area contributed by atoms with Gasteiger partial charge in [-0.05, 0) is 11.6 Å². The molecular formula is C16H14N4O. The van der Waals surface area contributed by atoms with Gasteiger partial charge >= 0.3 is 0 Å². The van der Waals surface area contributed by atoms with Crippen LogP contribution >= 0.6 is 0 Å². The lowest BCUT2D eigenvalue weighted by Crippen LogP contribution is -2.23. The quantitative estimate of drug-likeness (QED) is 0.770. The molecule has 0 aliphatic rings. The van der Waals surface area contributed by atoms with Gasteiger partial charge in [0.05, 0.1) is 17.5 Å². The Kier molecular flexibility index (Phi) is 3.73. The Labute approximate surface area is 122 Å². The van der Waals surface area contributed by atoms with Crippen LogP contribution in [0.25, 0.3) is 11.3 Å². The number of aromatic nitrogens is 3. The van der Waals surface area contributed by atoms with Crippen molar-refractivity contribution in [2.24, 2.45) is 0 Å². The second-order valence-electron chi connectivity index (χ2n) is 4.57. The molecule has 0 radical (unpaired) electrons. The van der Waals surface area contributed by atoms with Crippen LogP contribution in [0.15, 0.2) is 61.1 Å². The number of rotatable bonds is 4. The summed E-state index contributed by atoms with van der Waals surface area (Å²) in [6.45, 7) is 0.437. The first kappa shape index (κ1) is 13.1. The van der Waals surface area contributed by atoms with Gasteiger partial charge in [-0.3, -0.25) is 14.9 Å². The van der Waals surface area contributed by atoms with Crippen molar-refractivity contribution in [3.8, 4) is 11.3 Å². The molecule has 0 fully saturated rings.